The van der Waals surface area contributed by atoms with Crippen molar-refractivity contribution in [1.29, 1.82) is 5.41 Å². The molecule has 0 spiro atoms. The molecular weight excluding hydrogens is 408 g/mol. The summed E-state index contributed by atoms with van der Waals surface area (Å²) in [6.07, 6.45) is -0.0216. The Balaban J connectivity index is 1.80. The Bertz CT molecular complexity index is 1280. The molecule has 0 saturated carbocycles. The van der Waals surface area contributed by atoms with Gasteiger partial charge in [-0.1, -0.05) is 12.1 Å². The minimum atomic E-state index is -4.41. The van der Waals surface area contributed by atoms with Crippen molar-refractivity contribution in [3.8, 4) is 11.3 Å². The van der Waals surface area contributed by atoms with Crippen LogP contribution in [0.5, 0.6) is 0 Å². The van der Waals surface area contributed by atoms with E-state index in [1.165, 1.54) is 36.4 Å². The van der Waals surface area contributed by atoms with Crippen molar-refractivity contribution in [1.82, 2.24) is 9.38 Å². The molecule has 0 atom stereocenters. The summed E-state index contributed by atoms with van der Waals surface area (Å²) < 4.78 is 53.5. The van der Waals surface area contributed by atoms with Gasteiger partial charge in [0.1, 0.15) is 11.5 Å². The Morgan fingerprint density at radius 3 is 2.19 bits per heavy atom. The lowest BCUT2D eigenvalue weighted by atomic mass is 10.0. The number of halogens is 4. The molecule has 156 valence electrons. The standard InChI is InChI=1S/C23H16F4N4/c24-18-8-3-15(4-9-18)22(29)19(11-28)16-5-10-21-30-12-20(31(21)13-16)14-1-6-17(7-2-14)23(25,26)27/h1-13,28H,29H2. The highest BCUT2D eigenvalue weighted by molar-refractivity contribution is 6.17. The topological polar surface area (TPSA) is 67.2 Å². The van der Waals surface area contributed by atoms with Crippen molar-refractivity contribution in [3.05, 3.63) is 95.6 Å². The van der Waals surface area contributed by atoms with Crippen molar-refractivity contribution in [2.45, 2.75) is 6.18 Å². The lowest BCUT2D eigenvalue weighted by Gasteiger charge is -2.11. The summed E-state index contributed by atoms with van der Waals surface area (Å²) >= 11 is 0. The summed E-state index contributed by atoms with van der Waals surface area (Å²) in [5.74, 6) is -0.394. The highest BCUT2D eigenvalue weighted by Gasteiger charge is 2.30. The molecule has 2 heterocycles. The second-order valence-electron chi connectivity index (χ2n) is 6.84. The van der Waals surface area contributed by atoms with E-state index in [4.69, 9.17) is 11.1 Å². The van der Waals surface area contributed by atoms with Crippen LogP contribution in [-0.4, -0.2) is 15.6 Å². The fourth-order valence-electron chi connectivity index (χ4n) is 3.28. The van der Waals surface area contributed by atoms with Crippen molar-refractivity contribution < 1.29 is 17.6 Å². The maximum Gasteiger partial charge on any atom is 0.416 e. The summed E-state index contributed by atoms with van der Waals surface area (Å²) in [5, 5.41) is 7.82. The number of hydrogen-bond donors (Lipinski definition) is 2. The highest BCUT2D eigenvalue weighted by atomic mass is 19.4. The Hall–Kier alpha value is -3.94. The molecule has 0 unspecified atom stereocenters. The zero-order valence-electron chi connectivity index (χ0n) is 16.0. The van der Waals surface area contributed by atoms with Crippen LogP contribution >= 0.6 is 0 Å². The van der Waals surface area contributed by atoms with Crippen molar-refractivity contribution in [3.63, 3.8) is 0 Å². The van der Waals surface area contributed by atoms with Gasteiger partial charge >= 0.3 is 6.18 Å². The molecule has 0 saturated heterocycles. The number of alkyl halides is 3. The first kappa shape index (κ1) is 20.3. The van der Waals surface area contributed by atoms with E-state index in [2.05, 4.69) is 4.98 Å². The van der Waals surface area contributed by atoms with Gasteiger partial charge in [0, 0.05) is 34.8 Å². The number of allylic oxidation sites excluding steroid dienone is 1. The van der Waals surface area contributed by atoms with Gasteiger partial charge in [0.2, 0.25) is 0 Å². The lowest BCUT2D eigenvalue weighted by Crippen LogP contribution is -2.04. The van der Waals surface area contributed by atoms with Crippen LogP contribution in [0.4, 0.5) is 17.6 Å². The Morgan fingerprint density at radius 2 is 1.58 bits per heavy atom. The minimum absolute atomic E-state index is 0.297. The van der Waals surface area contributed by atoms with E-state index >= 15 is 0 Å². The smallest absolute Gasteiger partial charge is 0.398 e. The Kier molecular flexibility index (Phi) is 5.06. The van der Waals surface area contributed by atoms with Crippen LogP contribution < -0.4 is 5.73 Å². The number of nitrogens with two attached hydrogens (primary N) is 1. The molecule has 2 aromatic heterocycles. The first-order chi connectivity index (χ1) is 14.8. The third kappa shape index (κ3) is 3.92. The zero-order chi connectivity index (χ0) is 22.2. The van der Waals surface area contributed by atoms with Crippen molar-refractivity contribution in [2.24, 2.45) is 5.73 Å². The van der Waals surface area contributed by atoms with Crippen LogP contribution in [0.1, 0.15) is 16.7 Å². The second-order valence-corrected chi connectivity index (χ2v) is 6.84. The Morgan fingerprint density at radius 1 is 0.935 bits per heavy atom. The number of hydrogen-bond acceptors (Lipinski definition) is 3. The Labute approximate surface area is 174 Å². The highest BCUT2D eigenvalue weighted by Crippen LogP contribution is 2.31. The van der Waals surface area contributed by atoms with E-state index in [9.17, 15) is 17.6 Å². The number of fused-ring (bicyclic) bond motifs is 1. The van der Waals surface area contributed by atoms with E-state index in [0.717, 1.165) is 18.3 Å². The molecule has 0 bridgehead atoms. The van der Waals surface area contributed by atoms with Crippen molar-refractivity contribution in [2.75, 3.05) is 0 Å². The zero-order valence-corrected chi connectivity index (χ0v) is 16.0. The van der Waals surface area contributed by atoms with Gasteiger partial charge in [-0.05, 0) is 54.1 Å². The van der Waals surface area contributed by atoms with Crippen LogP contribution in [0.15, 0.2) is 73.1 Å². The van der Waals surface area contributed by atoms with Crippen molar-refractivity contribution >= 4 is 23.1 Å². The van der Waals surface area contributed by atoms with E-state index < -0.39 is 17.6 Å². The van der Waals surface area contributed by atoms with Gasteiger partial charge in [-0.3, -0.25) is 4.40 Å². The monoisotopic (exact) mass is 424 g/mol. The van der Waals surface area contributed by atoms with Gasteiger partial charge in [0.15, 0.2) is 0 Å². The fraction of sp³-hybridized carbons (Fsp3) is 0.0435. The van der Waals surface area contributed by atoms with Gasteiger partial charge in [-0.2, -0.15) is 13.2 Å². The summed E-state index contributed by atoms with van der Waals surface area (Å²) in [6, 6.07) is 13.9. The van der Waals surface area contributed by atoms with E-state index in [1.807, 2.05) is 0 Å². The molecule has 0 amide bonds. The molecule has 3 N–H and O–H groups in total. The fourth-order valence-corrected chi connectivity index (χ4v) is 3.28. The average Bonchev–Trinajstić information content (AvgIpc) is 3.17. The van der Waals surface area contributed by atoms with E-state index in [1.54, 1.807) is 28.9 Å². The van der Waals surface area contributed by atoms with Crippen LogP contribution in [-0.2, 0) is 6.18 Å². The van der Waals surface area contributed by atoms with Gasteiger partial charge in [-0.25, -0.2) is 9.37 Å². The number of nitrogens with zero attached hydrogens (tertiary/aromatic N) is 2. The predicted octanol–water partition coefficient (Wildman–Crippen LogP) is 5.64. The number of rotatable bonds is 4. The SMILES string of the molecule is N=CC(=C(N)c1ccc(F)cc1)c1ccc2ncc(-c3ccc(C(F)(F)F)cc3)n2c1. The van der Waals surface area contributed by atoms with E-state index in [-0.39, 0.29) is 0 Å². The second kappa shape index (κ2) is 7.71. The maximum atomic E-state index is 13.2. The summed E-state index contributed by atoms with van der Waals surface area (Å²) in [6.45, 7) is 0. The normalized spacial score (nSPS) is 12.6. The van der Waals surface area contributed by atoms with Crippen LogP contribution in [0.25, 0.3) is 28.2 Å². The predicted molar refractivity (Wildman–Crippen MR) is 112 cm³/mol. The molecule has 0 aliphatic heterocycles. The largest absolute Gasteiger partial charge is 0.416 e. The van der Waals surface area contributed by atoms with Gasteiger partial charge in [0.05, 0.1) is 17.5 Å². The molecule has 2 aromatic carbocycles. The summed E-state index contributed by atoms with van der Waals surface area (Å²) in [5.41, 5.74) is 9.13. The van der Waals surface area contributed by atoms with Gasteiger partial charge < -0.3 is 11.1 Å². The number of nitrogens with one attached hydrogen (secondary N) is 1. The molecule has 0 aliphatic carbocycles. The van der Waals surface area contributed by atoms with Crippen LogP contribution in [0, 0.1) is 11.2 Å². The van der Waals surface area contributed by atoms with Gasteiger partial charge in [-0.15, -0.1) is 0 Å². The molecule has 4 rings (SSSR count). The molecule has 0 aliphatic rings. The minimum Gasteiger partial charge on any atom is -0.398 e. The third-order valence-corrected chi connectivity index (χ3v) is 4.91. The van der Waals surface area contributed by atoms with Crippen LogP contribution in [0.3, 0.4) is 0 Å². The molecule has 8 heteroatoms. The number of benzene rings is 2. The number of aromatic nitrogens is 2. The molecule has 0 fully saturated rings. The van der Waals surface area contributed by atoms with Crippen LogP contribution in [0.2, 0.25) is 0 Å². The third-order valence-electron chi connectivity index (χ3n) is 4.91. The number of pyridine rings is 1. The summed E-state index contributed by atoms with van der Waals surface area (Å²) in [7, 11) is 0. The van der Waals surface area contributed by atoms with E-state index in [0.29, 0.717) is 39.3 Å². The molecular formula is C23H16F4N4. The average molecular weight is 424 g/mol. The van der Waals surface area contributed by atoms with Gasteiger partial charge in [0.25, 0.3) is 0 Å². The molecule has 31 heavy (non-hydrogen) atoms. The molecule has 4 aromatic rings. The summed E-state index contributed by atoms with van der Waals surface area (Å²) in [4.78, 5) is 4.30. The quantitative estimate of drug-likeness (QED) is 0.329. The lowest BCUT2D eigenvalue weighted by molar-refractivity contribution is -0.137. The number of imidazole rings is 1. The molecule has 4 nitrogen and oxygen atoms in total. The first-order valence-corrected chi connectivity index (χ1v) is 9.19. The first-order valence-electron chi connectivity index (χ1n) is 9.19. The molecule has 0 radical (unpaired) electrons. The maximum absolute atomic E-state index is 13.2.